The lowest BCUT2D eigenvalue weighted by Gasteiger charge is -2.16. The standard InChI is InChI=1S/C22H20O6/c1-25-16-8-10-17(11-9-16)28-18-12-13-19(21(26-2)20(18)22(23)24)27-14-15-6-4-3-5-7-15/h3-13H,14H2,1-2H3,(H,23,24). The van der Waals surface area contributed by atoms with Gasteiger partial charge in [-0.15, -0.1) is 0 Å². The highest BCUT2D eigenvalue weighted by molar-refractivity contribution is 5.95. The maximum Gasteiger partial charge on any atom is 0.343 e. The van der Waals surface area contributed by atoms with Gasteiger partial charge in [-0.1, -0.05) is 30.3 Å². The molecule has 0 amide bonds. The molecular formula is C22H20O6. The summed E-state index contributed by atoms with van der Waals surface area (Å²) in [5, 5.41) is 9.71. The minimum Gasteiger partial charge on any atom is -0.497 e. The molecule has 0 aliphatic rings. The first kappa shape index (κ1) is 19.1. The molecule has 0 radical (unpaired) electrons. The Balaban J connectivity index is 1.89. The van der Waals surface area contributed by atoms with Crippen molar-refractivity contribution in [3.8, 4) is 28.7 Å². The van der Waals surface area contributed by atoms with E-state index in [1.807, 2.05) is 30.3 Å². The molecule has 0 aliphatic heterocycles. The van der Waals surface area contributed by atoms with Crippen molar-refractivity contribution < 1.29 is 28.8 Å². The minimum absolute atomic E-state index is 0.106. The summed E-state index contributed by atoms with van der Waals surface area (Å²) in [4.78, 5) is 11.9. The minimum atomic E-state index is -1.18. The summed E-state index contributed by atoms with van der Waals surface area (Å²) in [5.74, 6) is 0.559. The summed E-state index contributed by atoms with van der Waals surface area (Å²) >= 11 is 0. The number of carboxylic acids is 1. The van der Waals surface area contributed by atoms with Gasteiger partial charge in [-0.2, -0.15) is 0 Å². The largest absolute Gasteiger partial charge is 0.497 e. The van der Waals surface area contributed by atoms with Crippen LogP contribution in [0, 0.1) is 0 Å². The molecule has 3 rings (SSSR count). The molecule has 0 fully saturated rings. The van der Waals surface area contributed by atoms with Crippen LogP contribution in [0.4, 0.5) is 0 Å². The molecular weight excluding hydrogens is 360 g/mol. The summed E-state index contributed by atoms with van der Waals surface area (Å²) in [5.41, 5.74) is 0.851. The lowest BCUT2D eigenvalue weighted by molar-refractivity contribution is 0.0689. The van der Waals surface area contributed by atoms with Crippen molar-refractivity contribution in [2.24, 2.45) is 0 Å². The normalized spacial score (nSPS) is 10.2. The summed E-state index contributed by atoms with van der Waals surface area (Å²) in [7, 11) is 2.96. The lowest BCUT2D eigenvalue weighted by atomic mass is 10.1. The Bertz CT molecular complexity index is 935. The molecule has 0 unspecified atom stereocenters. The molecule has 0 spiro atoms. The summed E-state index contributed by atoms with van der Waals surface area (Å²) in [6.07, 6.45) is 0. The van der Waals surface area contributed by atoms with Crippen LogP contribution < -0.4 is 18.9 Å². The van der Waals surface area contributed by atoms with Crippen LogP contribution in [0.1, 0.15) is 15.9 Å². The van der Waals surface area contributed by atoms with Crippen LogP contribution in [-0.2, 0) is 6.61 Å². The SMILES string of the molecule is COc1ccc(Oc2ccc(OCc3ccccc3)c(OC)c2C(=O)O)cc1. The van der Waals surface area contributed by atoms with Crippen molar-refractivity contribution in [1.29, 1.82) is 0 Å². The Labute approximate surface area is 162 Å². The molecule has 6 heteroatoms. The van der Waals surface area contributed by atoms with E-state index >= 15 is 0 Å². The maximum absolute atomic E-state index is 11.9. The molecule has 3 aromatic carbocycles. The van der Waals surface area contributed by atoms with Crippen molar-refractivity contribution >= 4 is 5.97 Å². The second-order valence-corrected chi connectivity index (χ2v) is 5.83. The number of carbonyl (C=O) groups is 1. The number of aromatic carboxylic acids is 1. The van der Waals surface area contributed by atoms with Crippen molar-refractivity contribution in [1.82, 2.24) is 0 Å². The zero-order valence-corrected chi connectivity index (χ0v) is 15.5. The predicted octanol–water partition coefficient (Wildman–Crippen LogP) is 4.77. The first-order chi connectivity index (χ1) is 13.6. The first-order valence-electron chi connectivity index (χ1n) is 8.55. The van der Waals surface area contributed by atoms with Gasteiger partial charge in [0, 0.05) is 0 Å². The third-order valence-electron chi connectivity index (χ3n) is 4.03. The van der Waals surface area contributed by atoms with E-state index in [1.54, 1.807) is 43.5 Å². The molecule has 144 valence electrons. The van der Waals surface area contributed by atoms with E-state index in [-0.39, 0.29) is 23.7 Å². The third-order valence-corrected chi connectivity index (χ3v) is 4.03. The second kappa shape index (κ2) is 8.81. The highest BCUT2D eigenvalue weighted by Crippen LogP contribution is 2.39. The van der Waals surface area contributed by atoms with Gasteiger partial charge in [0.15, 0.2) is 11.5 Å². The van der Waals surface area contributed by atoms with E-state index in [0.29, 0.717) is 17.2 Å². The Kier molecular flexibility index (Phi) is 6.01. The highest BCUT2D eigenvalue weighted by Gasteiger charge is 2.23. The van der Waals surface area contributed by atoms with Crippen molar-refractivity contribution in [3.63, 3.8) is 0 Å². The van der Waals surface area contributed by atoms with Gasteiger partial charge < -0.3 is 24.1 Å². The molecule has 0 atom stereocenters. The van der Waals surface area contributed by atoms with Gasteiger partial charge >= 0.3 is 5.97 Å². The molecule has 0 saturated carbocycles. The van der Waals surface area contributed by atoms with E-state index in [0.717, 1.165) is 5.56 Å². The summed E-state index contributed by atoms with van der Waals surface area (Å²) in [6, 6.07) is 19.6. The van der Waals surface area contributed by atoms with Gasteiger partial charge in [0.05, 0.1) is 14.2 Å². The number of hydrogen-bond acceptors (Lipinski definition) is 5. The lowest BCUT2D eigenvalue weighted by Crippen LogP contribution is -2.06. The fourth-order valence-electron chi connectivity index (χ4n) is 2.66. The zero-order chi connectivity index (χ0) is 19.9. The maximum atomic E-state index is 11.9. The van der Waals surface area contributed by atoms with Gasteiger partial charge in [-0.05, 0) is 42.0 Å². The molecule has 1 N–H and O–H groups in total. The van der Waals surface area contributed by atoms with Gasteiger partial charge in [0.2, 0.25) is 0 Å². The number of carboxylic acid groups (broad SMARTS) is 1. The fourth-order valence-corrected chi connectivity index (χ4v) is 2.66. The Morgan fingerprint density at radius 3 is 2.07 bits per heavy atom. The van der Waals surface area contributed by atoms with Crippen molar-refractivity contribution in [2.45, 2.75) is 6.61 Å². The van der Waals surface area contributed by atoms with E-state index in [2.05, 4.69) is 0 Å². The van der Waals surface area contributed by atoms with Gasteiger partial charge in [-0.3, -0.25) is 0 Å². The Morgan fingerprint density at radius 2 is 1.46 bits per heavy atom. The number of benzene rings is 3. The summed E-state index contributed by atoms with van der Waals surface area (Å²) < 4.78 is 22.0. The van der Waals surface area contributed by atoms with Crippen molar-refractivity contribution in [2.75, 3.05) is 14.2 Å². The van der Waals surface area contributed by atoms with Crippen LogP contribution in [-0.4, -0.2) is 25.3 Å². The zero-order valence-electron chi connectivity index (χ0n) is 15.5. The first-order valence-corrected chi connectivity index (χ1v) is 8.55. The van der Waals surface area contributed by atoms with Crippen LogP contribution in [0.15, 0.2) is 66.7 Å². The molecule has 3 aromatic rings. The monoisotopic (exact) mass is 380 g/mol. The van der Waals surface area contributed by atoms with Crippen LogP contribution in [0.3, 0.4) is 0 Å². The van der Waals surface area contributed by atoms with Crippen LogP contribution in [0.25, 0.3) is 0 Å². The van der Waals surface area contributed by atoms with Crippen molar-refractivity contribution in [3.05, 3.63) is 77.9 Å². The topological polar surface area (TPSA) is 74.2 Å². The van der Waals surface area contributed by atoms with E-state index in [1.165, 1.54) is 7.11 Å². The number of rotatable bonds is 8. The van der Waals surface area contributed by atoms with Gasteiger partial charge in [-0.25, -0.2) is 4.79 Å². The molecule has 0 saturated heterocycles. The second-order valence-electron chi connectivity index (χ2n) is 5.83. The van der Waals surface area contributed by atoms with Gasteiger partial charge in [0.1, 0.15) is 29.4 Å². The fraction of sp³-hybridized carbons (Fsp3) is 0.136. The average Bonchev–Trinajstić information content (AvgIpc) is 2.73. The number of methoxy groups -OCH3 is 2. The molecule has 0 aromatic heterocycles. The molecule has 0 aliphatic carbocycles. The number of ether oxygens (including phenoxy) is 4. The molecule has 28 heavy (non-hydrogen) atoms. The predicted molar refractivity (Wildman–Crippen MR) is 104 cm³/mol. The smallest absolute Gasteiger partial charge is 0.343 e. The summed E-state index contributed by atoms with van der Waals surface area (Å²) in [6.45, 7) is 0.287. The Morgan fingerprint density at radius 1 is 0.821 bits per heavy atom. The highest BCUT2D eigenvalue weighted by atomic mass is 16.5. The Hall–Kier alpha value is -3.67. The third kappa shape index (κ3) is 4.35. The molecule has 0 bridgehead atoms. The average molecular weight is 380 g/mol. The van der Waals surface area contributed by atoms with E-state index in [9.17, 15) is 9.90 Å². The van der Waals surface area contributed by atoms with E-state index in [4.69, 9.17) is 18.9 Å². The molecule has 0 heterocycles. The number of hydrogen-bond donors (Lipinski definition) is 1. The molecule has 6 nitrogen and oxygen atoms in total. The quantitative estimate of drug-likeness (QED) is 0.607. The van der Waals surface area contributed by atoms with E-state index < -0.39 is 5.97 Å². The van der Waals surface area contributed by atoms with Gasteiger partial charge in [0.25, 0.3) is 0 Å². The van der Waals surface area contributed by atoms with Crippen LogP contribution >= 0.6 is 0 Å². The van der Waals surface area contributed by atoms with Crippen LogP contribution in [0.2, 0.25) is 0 Å². The van der Waals surface area contributed by atoms with Crippen LogP contribution in [0.5, 0.6) is 28.7 Å².